The molecule has 1 atom stereocenters. The van der Waals surface area contributed by atoms with E-state index in [2.05, 4.69) is 59.8 Å². The van der Waals surface area contributed by atoms with E-state index in [0.717, 1.165) is 61.7 Å². The van der Waals surface area contributed by atoms with E-state index >= 15 is 0 Å². The van der Waals surface area contributed by atoms with Gasteiger partial charge in [-0.25, -0.2) is 4.98 Å². The van der Waals surface area contributed by atoms with Crippen molar-refractivity contribution in [2.75, 3.05) is 27.2 Å². The predicted molar refractivity (Wildman–Crippen MR) is 123 cm³/mol. The van der Waals surface area contributed by atoms with Crippen LogP contribution in [0.5, 0.6) is 5.75 Å². The summed E-state index contributed by atoms with van der Waals surface area (Å²) in [5.41, 5.74) is 5.99. The summed E-state index contributed by atoms with van der Waals surface area (Å²) in [7, 11) is 3.88. The lowest BCUT2D eigenvalue weighted by atomic mass is 10.00. The molecule has 0 amide bonds. The van der Waals surface area contributed by atoms with Crippen LogP contribution in [0.3, 0.4) is 0 Å². The minimum Gasteiger partial charge on any atom is -0.497 e. The first-order valence-corrected chi connectivity index (χ1v) is 11.3. The van der Waals surface area contributed by atoms with Gasteiger partial charge < -0.3 is 18.9 Å². The maximum atomic E-state index is 6.82. The Balaban J connectivity index is 1.55. The van der Waals surface area contributed by atoms with Gasteiger partial charge in [0, 0.05) is 30.9 Å². The lowest BCUT2D eigenvalue weighted by Gasteiger charge is -2.32. The first-order chi connectivity index (χ1) is 15.1. The number of hydrogen-bond acceptors (Lipinski definition) is 4. The smallest absolute Gasteiger partial charge is 0.143 e. The fraction of sp³-hybridized carbons (Fsp3) is 0.423. The van der Waals surface area contributed by atoms with Crippen molar-refractivity contribution < 1.29 is 9.47 Å². The summed E-state index contributed by atoms with van der Waals surface area (Å²) in [6.45, 7) is 5.28. The minimum atomic E-state index is -0.127. The van der Waals surface area contributed by atoms with Gasteiger partial charge in [0.05, 0.1) is 18.9 Å². The standard InChI is InChI=1S/C26H31N3O2/c1-18-24(20-8-10-21(30-3)11-9-20)27-26-25(31-22-13-15-28(2)16-14-22)23-7-5-4-6-19(23)12-17-29(18)26/h4-11,22,25H,12-17H2,1-3H3. The van der Waals surface area contributed by atoms with Crippen molar-refractivity contribution in [2.45, 2.75) is 44.9 Å². The highest BCUT2D eigenvalue weighted by atomic mass is 16.5. The van der Waals surface area contributed by atoms with E-state index < -0.39 is 0 Å². The lowest BCUT2D eigenvalue weighted by molar-refractivity contribution is -0.0276. The molecule has 5 rings (SSSR count). The Morgan fingerprint density at radius 1 is 0.968 bits per heavy atom. The SMILES string of the molecule is COc1ccc(-c2nc3n(c2C)CCc2ccccc2C3OC2CCN(C)CC2)cc1. The van der Waals surface area contributed by atoms with Gasteiger partial charge in [-0.2, -0.15) is 0 Å². The van der Waals surface area contributed by atoms with Crippen LogP contribution in [0.1, 0.15) is 41.6 Å². The summed E-state index contributed by atoms with van der Waals surface area (Å²) in [4.78, 5) is 7.57. The second-order valence-corrected chi connectivity index (χ2v) is 8.75. The third kappa shape index (κ3) is 3.88. The fourth-order valence-electron chi connectivity index (χ4n) is 4.90. The van der Waals surface area contributed by atoms with Crippen molar-refractivity contribution in [3.05, 3.63) is 71.2 Å². The Hall–Kier alpha value is -2.63. The van der Waals surface area contributed by atoms with Gasteiger partial charge >= 0.3 is 0 Å². The zero-order chi connectivity index (χ0) is 21.4. The van der Waals surface area contributed by atoms with Gasteiger partial charge in [0.1, 0.15) is 17.7 Å². The molecule has 162 valence electrons. The molecule has 2 aromatic carbocycles. The highest BCUT2D eigenvalue weighted by Gasteiger charge is 2.32. The van der Waals surface area contributed by atoms with E-state index in [1.165, 1.54) is 16.8 Å². The van der Waals surface area contributed by atoms with Gasteiger partial charge in [0.2, 0.25) is 0 Å². The van der Waals surface area contributed by atoms with Crippen molar-refractivity contribution >= 4 is 0 Å². The van der Waals surface area contributed by atoms with Crippen LogP contribution in [0.2, 0.25) is 0 Å². The molecule has 0 spiro atoms. The number of aryl methyl sites for hydroxylation is 1. The zero-order valence-electron chi connectivity index (χ0n) is 18.7. The van der Waals surface area contributed by atoms with Crippen LogP contribution >= 0.6 is 0 Å². The van der Waals surface area contributed by atoms with E-state index in [9.17, 15) is 0 Å². The Bertz CT molecular complexity index is 1050. The predicted octanol–water partition coefficient (Wildman–Crippen LogP) is 4.62. The highest BCUT2D eigenvalue weighted by molar-refractivity contribution is 5.63. The maximum absolute atomic E-state index is 6.82. The molecule has 0 radical (unpaired) electrons. The number of imidazole rings is 1. The van der Waals surface area contributed by atoms with E-state index in [0.29, 0.717) is 0 Å². The van der Waals surface area contributed by atoms with Crippen LogP contribution in [0, 0.1) is 6.92 Å². The summed E-state index contributed by atoms with van der Waals surface area (Å²) in [5, 5.41) is 0. The number of nitrogens with zero attached hydrogens (tertiary/aromatic N) is 3. The van der Waals surface area contributed by atoms with Crippen molar-refractivity contribution in [3.63, 3.8) is 0 Å². The summed E-state index contributed by atoms with van der Waals surface area (Å²) in [6, 6.07) is 16.9. The van der Waals surface area contributed by atoms with E-state index in [1.54, 1.807) is 7.11 Å². The highest BCUT2D eigenvalue weighted by Crippen LogP contribution is 2.37. The number of rotatable bonds is 4. The first-order valence-electron chi connectivity index (χ1n) is 11.3. The molecule has 0 bridgehead atoms. The molecule has 1 saturated heterocycles. The minimum absolute atomic E-state index is 0.127. The second-order valence-electron chi connectivity index (χ2n) is 8.75. The molecule has 3 heterocycles. The number of aromatic nitrogens is 2. The number of methoxy groups -OCH3 is 1. The summed E-state index contributed by atoms with van der Waals surface area (Å²) >= 11 is 0. The Labute approximate surface area is 184 Å². The molecule has 5 heteroatoms. The lowest BCUT2D eigenvalue weighted by Crippen LogP contribution is -2.35. The molecular formula is C26H31N3O2. The monoisotopic (exact) mass is 417 g/mol. The molecule has 3 aromatic rings. The largest absolute Gasteiger partial charge is 0.497 e. The molecule has 1 fully saturated rings. The Kier molecular flexibility index (Phi) is 5.55. The number of likely N-dealkylation sites (tertiary alicyclic amines) is 1. The molecular weight excluding hydrogens is 386 g/mol. The van der Waals surface area contributed by atoms with Crippen LogP contribution in [0.25, 0.3) is 11.3 Å². The fourth-order valence-corrected chi connectivity index (χ4v) is 4.90. The van der Waals surface area contributed by atoms with Gasteiger partial charge in [-0.05, 0) is 68.6 Å². The number of fused-ring (bicyclic) bond motifs is 2. The molecule has 2 aliphatic heterocycles. The van der Waals surface area contributed by atoms with Crippen LogP contribution in [0.15, 0.2) is 48.5 Å². The topological polar surface area (TPSA) is 39.5 Å². The number of ether oxygens (including phenoxy) is 2. The molecule has 5 nitrogen and oxygen atoms in total. The summed E-state index contributed by atoms with van der Waals surface area (Å²) < 4.78 is 14.5. The number of hydrogen-bond donors (Lipinski definition) is 0. The van der Waals surface area contributed by atoms with Gasteiger partial charge in [-0.1, -0.05) is 24.3 Å². The third-order valence-corrected chi connectivity index (χ3v) is 6.78. The Morgan fingerprint density at radius 3 is 2.45 bits per heavy atom. The Morgan fingerprint density at radius 2 is 1.71 bits per heavy atom. The van der Waals surface area contributed by atoms with Gasteiger partial charge in [-0.15, -0.1) is 0 Å². The molecule has 0 saturated carbocycles. The summed E-state index contributed by atoms with van der Waals surface area (Å²) in [6.07, 6.45) is 3.27. The normalized spacial score (nSPS) is 19.5. The molecule has 31 heavy (non-hydrogen) atoms. The van der Waals surface area contributed by atoms with Crippen LogP contribution in [-0.4, -0.2) is 47.8 Å². The average Bonchev–Trinajstić information content (AvgIpc) is 3.04. The molecule has 2 aliphatic rings. The summed E-state index contributed by atoms with van der Waals surface area (Å²) in [5.74, 6) is 1.90. The number of piperidine rings is 1. The van der Waals surface area contributed by atoms with Crippen molar-refractivity contribution in [1.29, 1.82) is 0 Å². The van der Waals surface area contributed by atoms with E-state index in [-0.39, 0.29) is 12.2 Å². The van der Waals surface area contributed by atoms with Gasteiger partial charge in [-0.3, -0.25) is 0 Å². The van der Waals surface area contributed by atoms with Crippen molar-refractivity contribution in [2.24, 2.45) is 0 Å². The molecule has 1 aromatic heterocycles. The second kappa shape index (κ2) is 8.48. The number of benzene rings is 2. The van der Waals surface area contributed by atoms with Crippen molar-refractivity contribution in [3.8, 4) is 17.0 Å². The van der Waals surface area contributed by atoms with Crippen LogP contribution in [0.4, 0.5) is 0 Å². The van der Waals surface area contributed by atoms with Gasteiger partial charge in [0.25, 0.3) is 0 Å². The first kappa shape index (κ1) is 20.3. The average molecular weight is 418 g/mol. The zero-order valence-corrected chi connectivity index (χ0v) is 18.7. The molecule has 0 N–H and O–H groups in total. The van der Waals surface area contributed by atoms with Gasteiger partial charge in [0.15, 0.2) is 0 Å². The van der Waals surface area contributed by atoms with Crippen LogP contribution in [-0.2, 0) is 17.7 Å². The molecule has 1 unspecified atom stereocenters. The van der Waals surface area contributed by atoms with Crippen LogP contribution < -0.4 is 4.74 Å². The van der Waals surface area contributed by atoms with Crippen molar-refractivity contribution in [1.82, 2.24) is 14.5 Å². The van der Waals surface area contributed by atoms with E-state index in [1.807, 2.05) is 12.1 Å². The third-order valence-electron chi connectivity index (χ3n) is 6.78. The van der Waals surface area contributed by atoms with E-state index in [4.69, 9.17) is 14.5 Å². The molecule has 0 aliphatic carbocycles. The maximum Gasteiger partial charge on any atom is 0.143 e. The quantitative estimate of drug-likeness (QED) is 0.621.